The second-order valence-corrected chi connectivity index (χ2v) is 5.81. The van der Waals surface area contributed by atoms with Gasteiger partial charge in [-0.3, -0.25) is 4.79 Å². The predicted molar refractivity (Wildman–Crippen MR) is 81.1 cm³/mol. The second-order valence-electron chi connectivity index (χ2n) is 5.37. The summed E-state index contributed by atoms with van der Waals surface area (Å²) in [6, 6.07) is 3.09. The SMILES string of the molecule is CC(Nc1ncccc1C(N)=S)C(=O)NC(C)(C)C. The lowest BCUT2D eigenvalue weighted by atomic mass is 10.1. The van der Waals surface area contributed by atoms with E-state index < -0.39 is 6.04 Å². The first-order chi connectivity index (χ1) is 8.70. The Balaban J connectivity index is 2.80. The van der Waals surface area contributed by atoms with Crippen molar-refractivity contribution in [2.45, 2.75) is 39.3 Å². The molecule has 6 heteroatoms. The van der Waals surface area contributed by atoms with E-state index >= 15 is 0 Å². The maximum absolute atomic E-state index is 12.0. The van der Waals surface area contributed by atoms with Gasteiger partial charge < -0.3 is 16.4 Å². The van der Waals surface area contributed by atoms with Crippen LogP contribution < -0.4 is 16.4 Å². The molecule has 0 aliphatic rings. The Morgan fingerprint density at radius 3 is 2.63 bits per heavy atom. The van der Waals surface area contributed by atoms with E-state index in [1.807, 2.05) is 20.8 Å². The topological polar surface area (TPSA) is 80.0 Å². The summed E-state index contributed by atoms with van der Waals surface area (Å²) < 4.78 is 0. The number of carbonyl (C=O) groups is 1. The third-order valence-electron chi connectivity index (χ3n) is 2.32. The molecule has 1 aromatic heterocycles. The van der Waals surface area contributed by atoms with Crippen LogP contribution in [0, 0.1) is 0 Å². The van der Waals surface area contributed by atoms with Crippen molar-refractivity contribution in [3.05, 3.63) is 23.9 Å². The lowest BCUT2D eigenvalue weighted by molar-refractivity contribution is -0.122. The van der Waals surface area contributed by atoms with Gasteiger partial charge in [0.2, 0.25) is 5.91 Å². The van der Waals surface area contributed by atoms with Crippen LogP contribution in [0.25, 0.3) is 0 Å². The van der Waals surface area contributed by atoms with Crippen LogP contribution in [0.3, 0.4) is 0 Å². The molecule has 1 amide bonds. The summed E-state index contributed by atoms with van der Waals surface area (Å²) in [5, 5.41) is 5.92. The minimum Gasteiger partial charge on any atom is -0.389 e. The highest BCUT2D eigenvalue weighted by Gasteiger charge is 2.20. The Hall–Kier alpha value is -1.69. The van der Waals surface area contributed by atoms with Crippen molar-refractivity contribution in [3.63, 3.8) is 0 Å². The summed E-state index contributed by atoms with van der Waals surface area (Å²) >= 11 is 4.95. The molecular formula is C13H20N4OS. The first-order valence-corrected chi connectivity index (χ1v) is 6.45. The van der Waals surface area contributed by atoms with E-state index in [1.165, 1.54) is 0 Å². The van der Waals surface area contributed by atoms with E-state index in [0.29, 0.717) is 11.4 Å². The molecule has 104 valence electrons. The van der Waals surface area contributed by atoms with Crippen LogP contribution in [0.2, 0.25) is 0 Å². The van der Waals surface area contributed by atoms with Gasteiger partial charge in [0.25, 0.3) is 0 Å². The zero-order chi connectivity index (χ0) is 14.6. The maximum Gasteiger partial charge on any atom is 0.242 e. The number of thiocarbonyl (C=S) groups is 1. The van der Waals surface area contributed by atoms with Crippen molar-refractivity contribution in [2.24, 2.45) is 5.73 Å². The Morgan fingerprint density at radius 2 is 2.11 bits per heavy atom. The van der Waals surface area contributed by atoms with Crippen molar-refractivity contribution < 1.29 is 4.79 Å². The molecule has 0 saturated carbocycles. The maximum atomic E-state index is 12.0. The lowest BCUT2D eigenvalue weighted by Gasteiger charge is -2.24. The number of anilines is 1. The van der Waals surface area contributed by atoms with E-state index in [2.05, 4.69) is 15.6 Å². The Bertz CT molecular complexity index is 482. The number of nitrogens with zero attached hydrogens (tertiary/aromatic N) is 1. The smallest absolute Gasteiger partial charge is 0.242 e. The zero-order valence-electron chi connectivity index (χ0n) is 11.7. The number of rotatable bonds is 4. The largest absolute Gasteiger partial charge is 0.389 e. The summed E-state index contributed by atoms with van der Waals surface area (Å²) in [6.45, 7) is 7.55. The zero-order valence-corrected chi connectivity index (χ0v) is 12.5. The summed E-state index contributed by atoms with van der Waals surface area (Å²) in [5.74, 6) is 0.415. The number of amides is 1. The first kappa shape index (κ1) is 15.4. The van der Waals surface area contributed by atoms with Gasteiger partial charge in [-0.25, -0.2) is 4.98 Å². The van der Waals surface area contributed by atoms with Gasteiger partial charge in [-0.1, -0.05) is 12.2 Å². The molecule has 5 nitrogen and oxygen atoms in total. The highest BCUT2D eigenvalue weighted by atomic mass is 32.1. The normalized spacial score (nSPS) is 12.6. The average molecular weight is 280 g/mol. The molecule has 1 heterocycles. The molecule has 19 heavy (non-hydrogen) atoms. The average Bonchev–Trinajstić information content (AvgIpc) is 2.27. The van der Waals surface area contributed by atoms with E-state index in [0.717, 1.165) is 0 Å². The summed E-state index contributed by atoms with van der Waals surface area (Å²) in [5.41, 5.74) is 5.98. The Morgan fingerprint density at radius 1 is 1.47 bits per heavy atom. The fourth-order valence-electron chi connectivity index (χ4n) is 1.47. The van der Waals surface area contributed by atoms with E-state index in [-0.39, 0.29) is 16.4 Å². The predicted octanol–water partition coefficient (Wildman–Crippen LogP) is 1.43. The summed E-state index contributed by atoms with van der Waals surface area (Å²) in [7, 11) is 0. The number of aromatic nitrogens is 1. The van der Waals surface area contributed by atoms with Crippen molar-refractivity contribution in [1.29, 1.82) is 0 Å². The highest BCUT2D eigenvalue weighted by Crippen LogP contribution is 2.12. The molecule has 4 N–H and O–H groups in total. The van der Waals surface area contributed by atoms with Crippen LogP contribution in [0.1, 0.15) is 33.3 Å². The third kappa shape index (κ3) is 4.82. The van der Waals surface area contributed by atoms with E-state index in [1.54, 1.807) is 25.3 Å². The van der Waals surface area contributed by atoms with Crippen LogP contribution >= 0.6 is 12.2 Å². The molecule has 0 radical (unpaired) electrons. The number of carbonyl (C=O) groups excluding carboxylic acids is 1. The molecule has 0 saturated heterocycles. The number of nitrogens with one attached hydrogen (secondary N) is 2. The molecular weight excluding hydrogens is 260 g/mol. The molecule has 1 aromatic rings. The minimum absolute atomic E-state index is 0.105. The van der Waals surface area contributed by atoms with Crippen LogP contribution in [-0.4, -0.2) is 27.5 Å². The molecule has 1 unspecified atom stereocenters. The van der Waals surface area contributed by atoms with Gasteiger partial charge in [0.1, 0.15) is 16.8 Å². The quantitative estimate of drug-likeness (QED) is 0.727. The monoisotopic (exact) mass is 280 g/mol. The van der Waals surface area contributed by atoms with Crippen molar-refractivity contribution >= 4 is 28.9 Å². The first-order valence-electron chi connectivity index (χ1n) is 6.04. The van der Waals surface area contributed by atoms with Gasteiger partial charge in [-0.2, -0.15) is 0 Å². The summed E-state index contributed by atoms with van der Waals surface area (Å²) in [4.78, 5) is 16.4. The lowest BCUT2D eigenvalue weighted by Crippen LogP contribution is -2.47. The van der Waals surface area contributed by atoms with E-state index in [9.17, 15) is 4.79 Å². The van der Waals surface area contributed by atoms with Gasteiger partial charge in [-0.05, 0) is 39.8 Å². The van der Waals surface area contributed by atoms with Gasteiger partial charge >= 0.3 is 0 Å². The van der Waals surface area contributed by atoms with E-state index in [4.69, 9.17) is 18.0 Å². The molecule has 0 aliphatic heterocycles. The number of hydrogen-bond acceptors (Lipinski definition) is 4. The minimum atomic E-state index is -0.428. The summed E-state index contributed by atoms with van der Waals surface area (Å²) in [6.07, 6.45) is 1.62. The molecule has 1 atom stereocenters. The molecule has 0 fully saturated rings. The molecule has 0 aromatic carbocycles. The van der Waals surface area contributed by atoms with Gasteiger partial charge in [0.05, 0.1) is 5.56 Å². The number of hydrogen-bond donors (Lipinski definition) is 3. The number of pyridine rings is 1. The number of nitrogens with two attached hydrogens (primary N) is 1. The Kier molecular flexibility index (Phi) is 4.83. The van der Waals surface area contributed by atoms with Crippen molar-refractivity contribution in [1.82, 2.24) is 10.3 Å². The molecule has 0 spiro atoms. The van der Waals surface area contributed by atoms with Crippen molar-refractivity contribution in [2.75, 3.05) is 5.32 Å². The van der Waals surface area contributed by atoms with Crippen LogP contribution in [0.4, 0.5) is 5.82 Å². The molecule has 0 bridgehead atoms. The molecule has 1 rings (SSSR count). The van der Waals surface area contributed by atoms with Crippen LogP contribution in [0.5, 0.6) is 0 Å². The third-order valence-corrected chi connectivity index (χ3v) is 2.54. The fraction of sp³-hybridized carbons (Fsp3) is 0.462. The fourth-order valence-corrected chi connectivity index (χ4v) is 1.63. The van der Waals surface area contributed by atoms with Crippen LogP contribution in [0.15, 0.2) is 18.3 Å². The standard InChI is InChI=1S/C13H20N4OS/c1-8(12(18)17-13(2,3)4)16-11-9(10(14)19)6-5-7-15-11/h5-8H,1-4H3,(H2,14,19)(H,15,16)(H,17,18). The second kappa shape index (κ2) is 5.97. The van der Waals surface area contributed by atoms with Gasteiger partial charge in [0.15, 0.2) is 0 Å². The van der Waals surface area contributed by atoms with Gasteiger partial charge in [0, 0.05) is 11.7 Å². The van der Waals surface area contributed by atoms with Crippen LogP contribution in [-0.2, 0) is 4.79 Å². The highest BCUT2D eigenvalue weighted by molar-refractivity contribution is 7.80. The Labute approximate surface area is 119 Å². The molecule has 0 aliphatic carbocycles. The van der Waals surface area contributed by atoms with Crippen molar-refractivity contribution in [3.8, 4) is 0 Å². The van der Waals surface area contributed by atoms with Gasteiger partial charge in [-0.15, -0.1) is 0 Å².